The van der Waals surface area contributed by atoms with Gasteiger partial charge in [0.05, 0.1) is 5.69 Å². The maximum atomic E-state index is 4.62. The van der Waals surface area contributed by atoms with Gasteiger partial charge in [0.15, 0.2) is 0 Å². The molecular formula is C14H26N4S. The highest BCUT2D eigenvalue weighted by Crippen LogP contribution is 2.25. The van der Waals surface area contributed by atoms with Crippen LogP contribution >= 0.6 is 11.8 Å². The van der Waals surface area contributed by atoms with E-state index >= 15 is 0 Å². The van der Waals surface area contributed by atoms with Gasteiger partial charge in [-0.25, -0.2) is 0 Å². The Morgan fingerprint density at radius 1 is 1.32 bits per heavy atom. The molecule has 108 valence electrons. The first-order chi connectivity index (χ1) is 9.24. The van der Waals surface area contributed by atoms with Crippen LogP contribution in [0.2, 0.25) is 0 Å². The molecule has 1 fully saturated rings. The van der Waals surface area contributed by atoms with Crippen molar-refractivity contribution in [3.05, 3.63) is 11.3 Å². The highest BCUT2D eigenvalue weighted by molar-refractivity contribution is 7.99. The van der Waals surface area contributed by atoms with Gasteiger partial charge in [-0.2, -0.15) is 16.9 Å². The Labute approximate surface area is 120 Å². The molecule has 1 aliphatic heterocycles. The summed E-state index contributed by atoms with van der Waals surface area (Å²) < 4.78 is 2.06. The average Bonchev–Trinajstić information content (AvgIpc) is 2.61. The largest absolute Gasteiger partial charge is 0.356 e. The van der Waals surface area contributed by atoms with Gasteiger partial charge in [0.2, 0.25) is 0 Å². The number of nitrogens with zero attached hydrogens (tertiary/aromatic N) is 3. The van der Waals surface area contributed by atoms with E-state index in [4.69, 9.17) is 0 Å². The molecule has 2 heterocycles. The van der Waals surface area contributed by atoms with Crippen molar-refractivity contribution in [1.82, 2.24) is 15.1 Å². The third kappa shape index (κ3) is 3.66. The van der Waals surface area contributed by atoms with Crippen molar-refractivity contribution >= 4 is 17.6 Å². The summed E-state index contributed by atoms with van der Waals surface area (Å²) in [4.78, 5) is 2.52. The molecule has 19 heavy (non-hydrogen) atoms. The van der Waals surface area contributed by atoms with Crippen molar-refractivity contribution in [3.63, 3.8) is 0 Å². The normalized spacial score (nSPS) is 16.7. The zero-order valence-electron chi connectivity index (χ0n) is 12.4. The summed E-state index contributed by atoms with van der Waals surface area (Å²) in [6.07, 6.45) is 2.45. The Bertz CT molecular complexity index is 394. The molecule has 0 unspecified atom stereocenters. The fraction of sp³-hybridized carbons (Fsp3) is 0.786. The lowest BCUT2D eigenvalue weighted by atomic mass is 10.2. The van der Waals surface area contributed by atoms with Gasteiger partial charge in [0.25, 0.3) is 0 Å². The first kappa shape index (κ1) is 14.7. The minimum Gasteiger partial charge on any atom is -0.356 e. The molecule has 1 N–H and O–H groups in total. The lowest BCUT2D eigenvalue weighted by molar-refractivity contribution is 0.666. The van der Waals surface area contributed by atoms with E-state index in [-0.39, 0.29) is 0 Å². The molecule has 0 amide bonds. The van der Waals surface area contributed by atoms with Crippen LogP contribution in [0.1, 0.15) is 31.0 Å². The zero-order valence-corrected chi connectivity index (χ0v) is 13.2. The smallest absolute Gasteiger partial charge is 0.131 e. The van der Waals surface area contributed by atoms with Crippen LogP contribution in [0.15, 0.2) is 0 Å². The molecule has 2 rings (SSSR count). The van der Waals surface area contributed by atoms with Crippen LogP contribution < -0.4 is 10.2 Å². The van der Waals surface area contributed by atoms with E-state index in [1.165, 1.54) is 35.7 Å². The number of nitrogens with one attached hydrogen (secondary N) is 1. The van der Waals surface area contributed by atoms with Gasteiger partial charge in [-0.05, 0) is 32.1 Å². The van der Waals surface area contributed by atoms with E-state index in [0.717, 1.165) is 31.9 Å². The van der Waals surface area contributed by atoms with Crippen LogP contribution in [-0.4, -0.2) is 40.9 Å². The van der Waals surface area contributed by atoms with Gasteiger partial charge < -0.3 is 10.2 Å². The van der Waals surface area contributed by atoms with Gasteiger partial charge in [-0.15, -0.1) is 0 Å². The van der Waals surface area contributed by atoms with Crippen molar-refractivity contribution < 1.29 is 0 Å². The van der Waals surface area contributed by atoms with Crippen molar-refractivity contribution in [2.45, 2.75) is 33.2 Å². The molecular weight excluding hydrogens is 256 g/mol. The third-order valence-corrected chi connectivity index (χ3v) is 4.61. The second kappa shape index (κ2) is 7.20. The maximum absolute atomic E-state index is 4.62. The first-order valence-electron chi connectivity index (χ1n) is 7.30. The summed E-state index contributed by atoms with van der Waals surface area (Å²) >= 11 is 2.07. The first-order valence-corrected chi connectivity index (χ1v) is 8.45. The molecule has 4 nitrogen and oxygen atoms in total. The highest BCUT2D eigenvalue weighted by atomic mass is 32.2. The van der Waals surface area contributed by atoms with Gasteiger partial charge in [0.1, 0.15) is 5.82 Å². The number of aryl methyl sites for hydroxylation is 2. The van der Waals surface area contributed by atoms with Gasteiger partial charge in [0, 0.05) is 38.0 Å². The monoisotopic (exact) mass is 282 g/mol. The number of anilines is 1. The van der Waals surface area contributed by atoms with Gasteiger partial charge in [-0.1, -0.05) is 6.92 Å². The van der Waals surface area contributed by atoms with Gasteiger partial charge >= 0.3 is 0 Å². The summed E-state index contributed by atoms with van der Waals surface area (Å²) in [6.45, 7) is 8.64. The zero-order chi connectivity index (χ0) is 13.7. The number of aromatic nitrogens is 2. The summed E-state index contributed by atoms with van der Waals surface area (Å²) in [7, 11) is 2.07. The standard InChI is InChI=1S/C14H26N4S/c1-4-6-15-11-13-12(2)16-17(3)14(13)18-7-5-9-19-10-8-18/h15H,4-11H2,1-3H3. The number of thioether (sulfide) groups is 1. The van der Waals surface area contributed by atoms with E-state index in [9.17, 15) is 0 Å². The van der Waals surface area contributed by atoms with Crippen molar-refractivity contribution in [3.8, 4) is 0 Å². The topological polar surface area (TPSA) is 33.1 Å². The summed E-state index contributed by atoms with van der Waals surface area (Å²) in [6, 6.07) is 0. The van der Waals surface area contributed by atoms with E-state index in [1.54, 1.807) is 0 Å². The SMILES string of the molecule is CCCNCc1c(C)nn(C)c1N1CCCSCC1. The molecule has 0 aliphatic carbocycles. The van der Waals surface area contributed by atoms with Crippen molar-refractivity contribution in [2.24, 2.45) is 7.05 Å². The van der Waals surface area contributed by atoms with E-state index in [1.807, 2.05) is 0 Å². The van der Waals surface area contributed by atoms with Crippen molar-refractivity contribution in [1.29, 1.82) is 0 Å². The lowest BCUT2D eigenvalue weighted by Gasteiger charge is -2.24. The van der Waals surface area contributed by atoms with E-state index < -0.39 is 0 Å². The third-order valence-electron chi connectivity index (χ3n) is 3.56. The Morgan fingerprint density at radius 2 is 2.16 bits per heavy atom. The molecule has 0 saturated carbocycles. The fourth-order valence-corrected chi connectivity index (χ4v) is 3.53. The van der Waals surface area contributed by atoms with E-state index in [2.05, 4.69) is 52.7 Å². The quantitative estimate of drug-likeness (QED) is 0.839. The molecule has 0 aromatic carbocycles. The molecule has 0 spiro atoms. The predicted molar refractivity (Wildman–Crippen MR) is 84.1 cm³/mol. The number of hydrogen-bond acceptors (Lipinski definition) is 4. The number of hydrogen-bond donors (Lipinski definition) is 1. The molecule has 0 atom stereocenters. The van der Waals surface area contributed by atoms with Crippen molar-refractivity contribution in [2.75, 3.05) is 36.0 Å². The summed E-state index contributed by atoms with van der Waals surface area (Å²) in [5.41, 5.74) is 2.54. The maximum Gasteiger partial charge on any atom is 0.131 e. The van der Waals surface area contributed by atoms with Crippen LogP contribution in [-0.2, 0) is 13.6 Å². The van der Waals surface area contributed by atoms with E-state index in [0.29, 0.717) is 0 Å². The molecule has 0 bridgehead atoms. The Kier molecular flexibility index (Phi) is 5.58. The predicted octanol–water partition coefficient (Wildman–Crippen LogP) is 2.17. The Hall–Kier alpha value is -0.680. The molecule has 1 aliphatic rings. The van der Waals surface area contributed by atoms with Crippen LogP contribution in [0, 0.1) is 6.92 Å². The molecule has 1 aromatic rings. The minimum atomic E-state index is 0.937. The minimum absolute atomic E-state index is 0.937. The Morgan fingerprint density at radius 3 is 2.95 bits per heavy atom. The molecule has 0 radical (unpaired) electrons. The molecule has 5 heteroatoms. The Balaban J connectivity index is 2.16. The summed E-state index contributed by atoms with van der Waals surface area (Å²) in [5, 5.41) is 8.14. The fourth-order valence-electron chi connectivity index (χ4n) is 2.64. The van der Waals surface area contributed by atoms with Crippen LogP contribution in [0.25, 0.3) is 0 Å². The second-order valence-corrected chi connectivity index (χ2v) is 6.37. The molecule has 1 saturated heterocycles. The lowest BCUT2D eigenvalue weighted by Crippen LogP contribution is -2.29. The number of rotatable bonds is 5. The average molecular weight is 282 g/mol. The summed E-state index contributed by atoms with van der Waals surface area (Å²) in [5.74, 6) is 3.84. The van der Waals surface area contributed by atoms with Crippen LogP contribution in [0.4, 0.5) is 5.82 Å². The van der Waals surface area contributed by atoms with Crippen LogP contribution in [0.3, 0.4) is 0 Å². The second-order valence-electron chi connectivity index (χ2n) is 5.14. The van der Waals surface area contributed by atoms with Gasteiger partial charge in [-0.3, -0.25) is 4.68 Å². The molecule has 1 aromatic heterocycles. The van der Waals surface area contributed by atoms with Crippen LogP contribution in [0.5, 0.6) is 0 Å². The highest BCUT2D eigenvalue weighted by Gasteiger charge is 2.20.